The number of aromatic nitrogens is 1. The molecule has 0 aliphatic rings. The maximum Gasteiger partial charge on any atom is 0.408 e. The molecule has 2 amide bonds. The molecule has 0 spiro atoms. The summed E-state index contributed by atoms with van der Waals surface area (Å²) < 4.78 is 4.97. The summed E-state index contributed by atoms with van der Waals surface area (Å²) in [4.78, 5) is 27.3. The fourth-order valence-corrected chi connectivity index (χ4v) is 1.68. The molecule has 0 saturated heterocycles. The van der Waals surface area contributed by atoms with Gasteiger partial charge in [0.25, 0.3) is 5.91 Å². The second kappa shape index (κ2) is 6.95. The van der Waals surface area contributed by atoms with Crippen LogP contribution in [0.25, 0.3) is 0 Å². The molecule has 1 rings (SSSR count). The first-order valence-electron chi connectivity index (χ1n) is 6.20. The molecule has 0 radical (unpaired) electrons. The van der Waals surface area contributed by atoms with Crippen molar-refractivity contribution in [1.29, 1.82) is 0 Å². The van der Waals surface area contributed by atoms with E-state index in [1.54, 1.807) is 20.8 Å². The highest BCUT2D eigenvalue weighted by Crippen LogP contribution is 2.21. The highest BCUT2D eigenvalue weighted by molar-refractivity contribution is 6.34. The van der Waals surface area contributed by atoms with E-state index in [0.29, 0.717) is 0 Å². The van der Waals surface area contributed by atoms with E-state index in [2.05, 4.69) is 15.6 Å². The SMILES string of the molecule is C[C@@H](OC(=O)NC(C)(C)C)C(=O)Nc1ccc(Cl)nc1Cl. The van der Waals surface area contributed by atoms with Gasteiger partial charge in [0.2, 0.25) is 0 Å². The van der Waals surface area contributed by atoms with Gasteiger partial charge in [-0.2, -0.15) is 0 Å². The summed E-state index contributed by atoms with van der Waals surface area (Å²) in [6.45, 7) is 6.86. The zero-order chi connectivity index (χ0) is 16.2. The van der Waals surface area contributed by atoms with Gasteiger partial charge in [0.15, 0.2) is 11.3 Å². The number of amides is 2. The number of hydrogen-bond donors (Lipinski definition) is 2. The fraction of sp³-hybridized carbons (Fsp3) is 0.462. The molecule has 0 fully saturated rings. The highest BCUT2D eigenvalue weighted by atomic mass is 35.5. The molecule has 0 aliphatic heterocycles. The van der Waals surface area contributed by atoms with Crippen LogP contribution in [-0.4, -0.2) is 28.6 Å². The van der Waals surface area contributed by atoms with Gasteiger partial charge in [-0.15, -0.1) is 0 Å². The van der Waals surface area contributed by atoms with E-state index in [-0.39, 0.29) is 16.0 Å². The van der Waals surface area contributed by atoms with Gasteiger partial charge in [-0.05, 0) is 39.8 Å². The molecule has 1 aromatic heterocycles. The third-order valence-electron chi connectivity index (χ3n) is 2.20. The van der Waals surface area contributed by atoms with Gasteiger partial charge in [-0.25, -0.2) is 9.78 Å². The Morgan fingerprint density at radius 1 is 1.29 bits per heavy atom. The maximum atomic E-state index is 11.9. The molecular weight excluding hydrogens is 317 g/mol. The van der Waals surface area contributed by atoms with Crippen molar-refractivity contribution in [3.8, 4) is 0 Å². The number of alkyl carbamates (subject to hydrolysis) is 1. The van der Waals surface area contributed by atoms with Crippen LogP contribution in [0.2, 0.25) is 10.3 Å². The van der Waals surface area contributed by atoms with Gasteiger partial charge in [0.05, 0.1) is 5.69 Å². The number of ether oxygens (including phenoxy) is 1. The molecule has 8 heteroatoms. The van der Waals surface area contributed by atoms with Crippen molar-refractivity contribution >= 4 is 40.9 Å². The lowest BCUT2D eigenvalue weighted by molar-refractivity contribution is -0.123. The minimum Gasteiger partial charge on any atom is -0.436 e. The number of halogens is 2. The van der Waals surface area contributed by atoms with Gasteiger partial charge in [-0.1, -0.05) is 23.2 Å². The van der Waals surface area contributed by atoms with Crippen molar-refractivity contribution in [2.24, 2.45) is 0 Å². The van der Waals surface area contributed by atoms with E-state index in [1.807, 2.05) is 0 Å². The van der Waals surface area contributed by atoms with Gasteiger partial charge < -0.3 is 15.4 Å². The van der Waals surface area contributed by atoms with Crippen LogP contribution in [0, 0.1) is 0 Å². The molecule has 0 bridgehead atoms. The van der Waals surface area contributed by atoms with E-state index >= 15 is 0 Å². The van der Waals surface area contributed by atoms with Crippen LogP contribution >= 0.6 is 23.2 Å². The molecule has 0 unspecified atom stereocenters. The molecule has 0 aliphatic carbocycles. The molecule has 6 nitrogen and oxygen atoms in total. The Kier molecular flexibility index (Phi) is 5.80. The number of carbonyl (C=O) groups excluding carboxylic acids is 2. The van der Waals surface area contributed by atoms with E-state index in [9.17, 15) is 9.59 Å². The smallest absolute Gasteiger partial charge is 0.408 e. The predicted molar refractivity (Wildman–Crippen MR) is 81.7 cm³/mol. The van der Waals surface area contributed by atoms with E-state index in [0.717, 1.165) is 0 Å². The summed E-state index contributed by atoms with van der Waals surface area (Å²) in [5.41, 5.74) is -0.158. The maximum absolute atomic E-state index is 11.9. The molecule has 0 aromatic carbocycles. The zero-order valence-electron chi connectivity index (χ0n) is 12.2. The highest BCUT2D eigenvalue weighted by Gasteiger charge is 2.21. The average molecular weight is 334 g/mol. The monoisotopic (exact) mass is 333 g/mol. The Hall–Kier alpha value is -1.53. The standard InChI is InChI=1S/C13H17Cl2N3O3/c1-7(21-12(20)18-13(2,3)4)11(19)16-8-5-6-9(14)17-10(8)15/h5-7H,1-4H3,(H,16,19)(H,18,20)/t7-/m1/s1. The van der Waals surface area contributed by atoms with Crippen molar-refractivity contribution in [3.63, 3.8) is 0 Å². The molecule has 2 N–H and O–H groups in total. The summed E-state index contributed by atoms with van der Waals surface area (Å²) in [5, 5.41) is 5.37. The van der Waals surface area contributed by atoms with Gasteiger partial charge >= 0.3 is 6.09 Å². The average Bonchev–Trinajstić information content (AvgIpc) is 2.29. The van der Waals surface area contributed by atoms with Gasteiger partial charge in [-0.3, -0.25) is 4.79 Å². The number of pyridine rings is 1. The largest absolute Gasteiger partial charge is 0.436 e. The topological polar surface area (TPSA) is 80.3 Å². The molecule has 116 valence electrons. The second-order valence-electron chi connectivity index (χ2n) is 5.38. The van der Waals surface area contributed by atoms with Crippen LogP contribution in [0.3, 0.4) is 0 Å². The molecule has 1 aromatic rings. The Morgan fingerprint density at radius 2 is 1.90 bits per heavy atom. The minimum atomic E-state index is -0.987. The van der Waals surface area contributed by atoms with Gasteiger partial charge in [0.1, 0.15) is 5.15 Å². The number of rotatable bonds is 3. The van der Waals surface area contributed by atoms with Crippen molar-refractivity contribution < 1.29 is 14.3 Å². The van der Waals surface area contributed by atoms with Crippen molar-refractivity contribution in [2.45, 2.75) is 39.3 Å². The second-order valence-corrected chi connectivity index (χ2v) is 6.13. The van der Waals surface area contributed by atoms with Crippen molar-refractivity contribution in [2.75, 3.05) is 5.32 Å². The van der Waals surface area contributed by atoms with Crippen molar-refractivity contribution in [1.82, 2.24) is 10.3 Å². The molecule has 21 heavy (non-hydrogen) atoms. The lowest BCUT2D eigenvalue weighted by Gasteiger charge is -2.21. The van der Waals surface area contributed by atoms with Gasteiger partial charge in [0, 0.05) is 5.54 Å². The Bertz CT molecular complexity index is 544. The first-order chi connectivity index (χ1) is 9.58. The number of anilines is 1. The number of hydrogen-bond acceptors (Lipinski definition) is 4. The third kappa shape index (κ3) is 6.18. The minimum absolute atomic E-state index is 0.0576. The summed E-state index contributed by atoms with van der Waals surface area (Å²) >= 11 is 11.5. The van der Waals surface area contributed by atoms with Crippen LogP contribution in [0.1, 0.15) is 27.7 Å². The zero-order valence-corrected chi connectivity index (χ0v) is 13.7. The quantitative estimate of drug-likeness (QED) is 0.832. The Balaban J connectivity index is 2.61. The van der Waals surface area contributed by atoms with Crippen molar-refractivity contribution in [3.05, 3.63) is 22.4 Å². The molecular formula is C13H17Cl2N3O3. The number of nitrogens with zero attached hydrogens (tertiary/aromatic N) is 1. The Morgan fingerprint density at radius 3 is 2.43 bits per heavy atom. The lowest BCUT2D eigenvalue weighted by Crippen LogP contribution is -2.43. The molecule has 1 atom stereocenters. The predicted octanol–water partition coefficient (Wildman–Crippen LogP) is 3.24. The van der Waals surface area contributed by atoms with Crippen LogP contribution in [0.5, 0.6) is 0 Å². The summed E-state index contributed by atoms with van der Waals surface area (Å²) in [5.74, 6) is -0.523. The first kappa shape index (κ1) is 17.5. The number of nitrogens with one attached hydrogen (secondary N) is 2. The summed E-state index contributed by atoms with van der Waals surface area (Å²) in [6, 6.07) is 3.00. The van der Waals surface area contributed by atoms with Crippen LogP contribution in [0.15, 0.2) is 12.1 Å². The van der Waals surface area contributed by atoms with E-state index in [4.69, 9.17) is 27.9 Å². The molecule has 0 saturated carbocycles. The number of carbonyl (C=O) groups is 2. The Labute approximate surface area is 133 Å². The van der Waals surface area contributed by atoms with Crippen LogP contribution < -0.4 is 10.6 Å². The fourth-order valence-electron chi connectivity index (χ4n) is 1.29. The van der Waals surface area contributed by atoms with Crippen LogP contribution in [-0.2, 0) is 9.53 Å². The third-order valence-corrected chi connectivity index (χ3v) is 2.70. The van der Waals surface area contributed by atoms with Crippen LogP contribution in [0.4, 0.5) is 10.5 Å². The summed E-state index contributed by atoms with van der Waals surface area (Å²) in [6.07, 6.45) is -1.66. The molecule has 1 heterocycles. The van der Waals surface area contributed by atoms with E-state index < -0.39 is 23.6 Å². The first-order valence-corrected chi connectivity index (χ1v) is 6.96. The normalized spacial score (nSPS) is 12.5. The van der Waals surface area contributed by atoms with E-state index in [1.165, 1.54) is 19.1 Å². The summed E-state index contributed by atoms with van der Waals surface area (Å²) in [7, 11) is 0. The lowest BCUT2D eigenvalue weighted by atomic mass is 10.1.